The summed E-state index contributed by atoms with van der Waals surface area (Å²) in [4.78, 5) is 2.72. The van der Waals surface area contributed by atoms with Gasteiger partial charge in [0.2, 0.25) is 0 Å². The molecule has 118 valence electrons. The maximum absolute atomic E-state index is 2.72. The lowest BCUT2D eigenvalue weighted by atomic mass is 9.70. The van der Waals surface area contributed by atoms with Crippen LogP contribution in [0.3, 0.4) is 0 Å². The lowest BCUT2D eigenvalue weighted by molar-refractivity contribution is 0.139. The van der Waals surface area contributed by atoms with Crippen LogP contribution in [0, 0.1) is 19.8 Å². The van der Waals surface area contributed by atoms with Crippen LogP contribution in [0.15, 0.2) is 12.1 Å². The van der Waals surface area contributed by atoms with Crippen molar-refractivity contribution in [3.05, 3.63) is 34.4 Å². The van der Waals surface area contributed by atoms with Gasteiger partial charge in [0, 0.05) is 6.54 Å². The Balaban J connectivity index is 0.00000161. The number of hydrogen-bond acceptors (Lipinski definition) is 1. The number of likely N-dealkylation sites (tertiary alicyclic amines) is 1. The third-order valence-electron chi connectivity index (χ3n) is 5.46. The van der Waals surface area contributed by atoms with E-state index in [0.717, 1.165) is 11.8 Å². The van der Waals surface area contributed by atoms with Crippen LogP contribution in [0.5, 0.6) is 0 Å². The first kappa shape index (κ1) is 16.8. The molecule has 2 atom stereocenters. The lowest BCUT2D eigenvalue weighted by Gasteiger charge is -2.43. The molecule has 1 aromatic rings. The van der Waals surface area contributed by atoms with Crippen LogP contribution >= 0.6 is 12.4 Å². The van der Waals surface area contributed by atoms with Gasteiger partial charge < -0.3 is 4.90 Å². The summed E-state index contributed by atoms with van der Waals surface area (Å²) < 4.78 is 0. The number of rotatable bonds is 3. The molecule has 2 heteroatoms. The van der Waals surface area contributed by atoms with Crippen LogP contribution in [-0.2, 0) is 6.42 Å². The molecule has 1 aliphatic carbocycles. The molecule has 0 amide bonds. The molecule has 0 unspecified atom stereocenters. The summed E-state index contributed by atoms with van der Waals surface area (Å²) in [5.41, 5.74) is 6.37. The van der Waals surface area contributed by atoms with Gasteiger partial charge in [-0.05, 0) is 81.1 Å². The molecule has 2 aliphatic rings. The molecule has 1 aliphatic heterocycles. The molecule has 0 radical (unpaired) electrons. The average Bonchev–Trinajstić information content (AvgIpc) is 2.44. The smallest absolute Gasteiger partial charge is 0.00156 e. The molecule has 1 nitrogen and oxygen atoms in total. The SMILES string of the molecule is CCCCN1CC[C@H]2c3cc(C)cc(C)c3CC[C@H]2C1.Cl. The highest BCUT2D eigenvalue weighted by atomic mass is 35.5. The maximum atomic E-state index is 2.72. The standard InChI is InChI=1S/C19H29N.ClH/c1-4-5-9-20-10-8-18-16(13-20)6-7-17-15(3)11-14(2)12-19(17)18;/h11-12,16,18H,4-10,13H2,1-3H3;1H/t16-,18+;/m0./s1. The predicted molar refractivity (Wildman–Crippen MR) is 93.7 cm³/mol. The highest BCUT2D eigenvalue weighted by Crippen LogP contribution is 2.42. The van der Waals surface area contributed by atoms with Crippen LogP contribution in [0.4, 0.5) is 0 Å². The van der Waals surface area contributed by atoms with Crippen molar-refractivity contribution in [1.29, 1.82) is 0 Å². The lowest BCUT2D eigenvalue weighted by Crippen LogP contribution is -2.41. The molecular formula is C19H30ClN. The van der Waals surface area contributed by atoms with Crippen molar-refractivity contribution in [2.24, 2.45) is 5.92 Å². The first-order valence-electron chi connectivity index (χ1n) is 8.51. The number of fused-ring (bicyclic) bond motifs is 3. The molecule has 0 spiro atoms. The molecule has 0 saturated carbocycles. The Kier molecular flexibility index (Phi) is 5.73. The fraction of sp³-hybridized carbons (Fsp3) is 0.684. The number of aryl methyl sites for hydroxylation is 2. The second kappa shape index (κ2) is 7.15. The molecule has 3 rings (SSSR count). The van der Waals surface area contributed by atoms with Gasteiger partial charge in [-0.3, -0.25) is 0 Å². The van der Waals surface area contributed by atoms with E-state index >= 15 is 0 Å². The van der Waals surface area contributed by atoms with E-state index in [9.17, 15) is 0 Å². The van der Waals surface area contributed by atoms with Crippen molar-refractivity contribution in [3.63, 3.8) is 0 Å². The molecule has 21 heavy (non-hydrogen) atoms. The largest absolute Gasteiger partial charge is 0.303 e. The van der Waals surface area contributed by atoms with Crippen LogP contribution in [0.25, 0.3) is 0 Å². The summed E-state index contributed by atoms with van der Waals surface area (Å²) in [6.07, 6.45) is 6.79. The third kappa shape index (κ3) is 3.46. The van der Waals surface area contributed by atoms with Gasteiger partial charge in [0.05, 0.1) is 0 Å². The summed E-state index contributed by atoms with van der Waals surface area (Å²) in [7, 11) is 0. The van der Waals surface area contributed by atoms with Crippen LogP contribution < -0.4 is 0 Å². The van der Waals surface area contributed by atoms with E-state index in [1.165, 1.54) is 62.9 Å². The van der Waals surface area contributed by atoms with Gasteiger partial charge in [0.25, 0.3) is 0 Å². The molecule has 0 bridgehead atoms. The molecule has 1 heterocycles. The normalized spacial score (nSPS) is 24.9. The van der Waals surface area contributed by atoms with Gasteiger partial charge in [-0.1, -0.05) is 31.0 Å². The topological polar surface area (TPSA) is 3.24 Å². The van der Waals surface area contributed by atoms with Gasteiger partial charge in [0.15, 0.2) is 0 Å². The van der Waals surface area contributed by atoms with E-state index in [1.54, 1.807) is 11.1 Å². The van der Waals surface area contributed by atoms with Crippen molar-refractivity contribution in [2.75, 3.05) is 19.6 Å². The Labute approximate surface area is 136 Å². The summed E-state index contributed by atoms with van der Waals surface area (Å²) in [5.74, 6) is 1.75. The molecule has 1 aromatic carbocycles. The maximum Gasteiger partial charge on any atom is 0.00156 e. The average molecular weight is 308 g/mol. The zero-order chi connectivity index (χ0) is 14.1. The third-order valence-corrected chi connectivity index (χ3v) is 5.46. The summed E-state index contributed by atoms with van der Waals surface area (Å²) in [6, 6.07) is 4.86. The first-order valence-corrected chi connectivity index (χ1v) is 8.51. The quantitative estimate of drug-likeness (QED) is 0.769. The number of nitrogens with zero attached hydrogens (tertiary/aromatic N) is 1. The van der Waals surface area contributed by atoms with Crippen molar-refractivity contribution in [1.82, 2.24) is 4.90 Å². The fourth-order valence-corrected chi connectivity index (χ4v) is 4.43. The number of hydrogen-bond donors (Lipinski definition) is 0. The minimum atomic E-state index is 0. The predicted octanol–water partition coefficient (Wildman–Crippen LogP) is 4.88. The molecule has 0 N–H and O–H groups in total. The Hall–Kier alpha value is -0.530. The van der Waals surface area contributed by atoms with Gasteiger partial charge in [-0.25, -0.2) is 0 Å². The minimum absolute atomic E-state index is 0. The highest BCUT2D eigenvalue weighted by molar-refractivity contribution is 5.85. The van der Waals surface area contributed by atoms with E-state index in [-0.39, 0.29) is 12.4 Å². The zero-order valence-electron chi connectivity index (χ0n) is 13.8. The van der Waals surface area contributed by atoms with Crippen molar-refractivity contribution in [3.8, 4) is 0 Å². The van der Waals surface area contributed by atoms with E-state index in [2.05, 4.69) is 37.8 Å². The zero-order valence-corrected chi connectivity index (χ0v) is 14.6. The summed E-state index contributed by atoms with van der Waals surface area (Å²) in [6.45, 7) is 10.8. The van der Waals surface area contributed by atoms with Gasteiger partial charge in [-0.2, -0.15) is 0 Å². The van der Waals surface area contributed by atoms with Gasteiger partial charge in [0.1, 0.15) is 0 Å². The Bertz CT molecular complexity index is 483. The van der Waals surface area contributed by atoms with Gasteiger partial charge >= 0.3 is 0 Å². The van der Waals surface area contributed by atoms with Crippen LogP contribution in [0.2, 0.25) is 0 Å². The first-order chi connectivity index (χ1) is 9.69. The molecule has 0 aromatic heterocycles. The van der Waals surface area contributed by atoms with Crippen LogP contribution in [-0.4, -0.2) is 24.5 Å². The monoisotopic (exact) mass is 307 g/mol. The number of piperidine rings is 1. The van der Waals surface area contributed by atoms with Crippen LogP contribution in [0.1, 0.15) is 60.8 Å². The molecular weight excluding hydrogens is 278 g/mol. The Morgan fingerprint density at radius 2 is 2.00 bits per heavy atom. The molecule has 1 saturated heterocycles. The number of halogens is 1. The minimum Gasteiger partial charge on any atom is -0.303 e. The van der Waals surface area contributed by atoms with E-state index in [1.807, 2.05) is 0 Å². The summed E-state index contributed by atoms with van der Waals surface area (Å²) in [5, 5.41) is 0. The number of unbranched alkanes of at least 4 members (excludes halogenated alkanes) is 1. The van der Waals surface area contributed by atoms with E-state index in [0.29, 0.717) is 0 Å². The fourth-order valence-electron chi connectivity index (χ4n) is 4.43. The van der Waals surface area contributed by atoms with Crippen molar-refractivity contribution >= 4 is 12.4 Å². The summed E-state index contributed by atoms with van der Waals surface area (Å²) >= 11 is 0. The second-order valence-electron chi connectivity index (χ2n) is 7.00. The number of benzene rings is 1. The van der Waals surface area contributed by atoms with E-state index < -0.39 is 0 Å². The highest BCUT2D eigenvalue weighted by Gasteiger charge is 2.34. The molecule has 1 fully saturated rings. The van der Waals surface area contributed by atoms with E-state index in [4.69, 9.17) is 0 Å². The van der Waals surface area contributed by atoms with Crippen molar-refractivity contribution in [2.45, 2.75) is 58.8 Å². The Morgan fingerprint density at radius 3 is 2.76 bits per heavy atom. The Morgan fingerprint density at radius 1 is 1.19 bits per heavy atom. The van der Waals surface area contributed by atoms with Gasteiger partial charge in [-0.15, -0.1) is 12.4 Å². The van der Waals surface area contributed by atoms with Crippen molar-refractivity contribution < 1.29 is 0 Å². The second-order valence-corrected chi connectivity index (χ2v) is 7.00.